The van der Waals surface area contributed by atoms with E-state index in [1.807, 2.05) is 23.1 Å². The van der Waals surface area contributed by atoms with Gasteiger partial charge in [0.1, 0.15) is 18.2 Å². The average Bonchev–Trinajstić information content (AvgIpc) is 3.17. The Morgan fingerprint density at radius 1 is 1.00 bits per heavy atom. The van der Waals surface area contributed by atoms with Crippen molar-refractivity contribution in [2.24, 2.45) is 7.05 Å². The summed E-state index contributed by atoms with van der Waals surface area (Å²) in [4.78, 5) is 7.28. The third-order valence-corrected chi connectivity index (χ3v) is 6.60. The largest absolute Gasteiger partial charge is 0.334 e. The van der Waals surface area contributed by atoms with E-state index in [-0.39, 0.29) is 0 Å². The Bertz CT molecular complexity index is 971. The number of aryl methyl sites for hydroxylation is 1. The van der Waals surface area contributed by atoms with Crippen molar-refractivity contribution in [3.63, 3.8) is 0 Å². The van der Waals surface area contributed by atoms with Gasteiger partial charge in [0.05, 0.1) is 12.2 Å². The third-order valence-electron chi connectivity index (χ3n) is 6.60. The van der Waals surface area contributed by atoms with E-state index in [1.54, 1.807) is 0 Å². The van der Waals surface area contributed by atoms with Gasteiger partial charge in [-0.1, -0.05) is 0 Å². The van der Waals surface area contributed by atoms with Gasteiger partial charge < -0.3 is 9.13 Å². The maximum Gasteiger partial charge on any atom is 0.155 e. The minimum atomic E-state index is 0.496. The number of rotatable bonds is 6. The van der Waals surface area contributed by atoms with Crippen LogP contribution >= 0.6 is 0 Å². The van der Waals surface area contributed by atoms with Crippen molar-refractivity contribution in [3.8, 4) is 0 Å². The highest BCUT2D eigenvalue weighted by molar-refractivity contribution is 5.14. The fraction of sp³-hybridized carbons (Fsp3) is 0.619. The monoisotopic (exact) mass is 394 g/mol. The van der Waals surface area contributed by atoms with Gasteiger partial charge in [0.2, 0.25) is 0 Å². The molecule has 1 saturated heterocycles. The van der Waals surface area contributed by atoms with Gasteiger partial charge in [-0.2, -0.15) is 5.10 Å². The van der Waals surface area contributed by atoms with Gasteiger partial charge >= 0.3 is 0 Å². The maximum absolute atomic E-state index is 4.75. The molecule has 1 aliphatic carbocycles. The molecule has 29 heavy (non-hydrogen) atoms. The Hall–Kier alpha value is -2.48. The molecular formula is C21H30N8. The van der Waals surface area contributed by atoms with Crippen LogP contribution in [0.5, 0.6) is 0 Å². The molecule has 3 aromatic rings. The molecule has 0 radical (unpaired) electrons. The molecule has 0 aromatic carbocycles. The molecule has 0 amide bonds. The minimum Gasteiger partial charge on any atom is -0.334 e. The zero-order chi connectivity index (χ0) is 20.0. The average molecular weight is 395 g/mol. The highest BCUT2D eigenvalue weighted by atomic mass is 15.3. The van der Waals surface area contributed by atoms with Gasteiger partial charge in [0, 0.05) is 37.1 Å². The van der Waals surface area contributed by atoms with Crippen LogP contribution in [0, 0.1) is 13.8 Å². The van der Waals surface area contributed by atoms with Crippen molar-refractivity contribution < 1.29 is 0 Å². The van der Waals surface area contributed by atoms with Gasteiger partial charge in [0.15, 0.2) is 5.82 Å². The number of imidazole rings is 1. The highest BCUT2D eigenvalue weighted by Crippen LogP contribution is 2.40. The van der Waals surface area contributed by atoms with Crippen LogP contribution in [0.4, 0.5) is 0 Å². The Morgan fingerprint density at radius 2 is 1.79 bits per heavy atom. The lowest BCUT2D eigenvalue weighted by molar-refractivity contribution is 0.194. The van der Waals surface area contributed by atoms with E-state index in [9.17, 15) is 0 Å². The highest BCUT2D eigenvalue weighted by Gasteiger charge is 2.33. The molecule has 0 unspecified atom stereocenters. The van der Waals surface area contributed by atoms with Crippen molar-refractivity contribution in [1.29, 1.82) is 0 Å². The molecule has 0 atom stereocenters. The second kappa shape index (κ2) is 7.40. The summed E-state index contributed by atoms with van der Waals surface area (Å²) < 4.78 is 6.59. The molecule has 8 nitrogen and oxygen atoms in total. The van der Waals surface area contributed by atoms with Gasteiger partial charge in [0.25, 0.3) is 0 Å². The zero-order valence-electron chi connectivity index (χ0n) is 17.6. The second-order valence-electron chi connectivity index (χ2n) is 8.59. The molecule has 2 fully saturated rings. The fourth-order valence-electron chi connectivity index (χ4n) is 4.47. The predicted molar refractivity (Wildman–Crippen MR) is 110 cm³/mol. The quantitative estimate of drug-likeness (QED) is 0.643. The summed E-state index contributed by atoms with van der Waals surface area (Å²) in [6, 6.07) is 2.54. The summed E-state index contributed by atoms with van der Waals surface area (Å²) in [5.41, 5.74) is 2.40. The van der Waals surface area contributed by atoms with E-state index >= 15 is 0 Å². The smallest absolute Gasteiger partial charge is 0.155 e. The molecular weight excluding hydrogens is 364 g/mol. The molecule has 3 aromatic heterocycles. The van der Waals surface area contributed by atoms with E-state index in [1.165, 1.54) is 30.2 Å². The Labute approximate surface area is 171 Å². The van der Waals surface area contributed by atoms with E-state index in [0.29, 0.717) is 18.5 Å². The standard InChI is InChI=1S/C21H30N8/c1-15-16(2)26(3)19(23-15)13-27-11-7-17(8-12-27)21-25-24-20(29(21)18-5-6-18)14-28-10-4-9-22-28/h4,9-10,17-18H,5-8,11-14H2,1-3H3. The van der Waals surface area contributed by atoms with Gasteiger partial charge in [-0.05, 0) is 58.7 Å². The van der Waals surface area contributed by atoms with Gasteiger partial charge in [-0.25, -0.2) is 4.98 Å². The first-order valence-electron chi connectivity index (χ1n) is 10.7. The summed E-state index contributed by atoms with van der Waals surface area (Å²) in [6.07, 6.45) is 8.57. The Kier molecular flexibility index (Phi) is 4.73. The molecule has 0 bridgehead atoms. The molecule has 1 aliphatic heterocycles. The number of piperidine rings is 1. The van der Waals surface area contributed by atoms with Gasteiger partial charge in [-0.3, -0.25) is 9.58 Å². The lowest BCUT2D eigenvalue weighted by Crippen LogP contribution is -2.34. The van der Waals surface area contributed by atoms with Crippen LogP contribution in [0.2, 0.25) is 0 Å². The van der Waals surface area contributed by atoms with E-state index in [2.05, 4.69) is 50.2 Å². The molecule has 4 heterocycles. The molecule has 0 spiro atoms. The Balaban J connectivity index is 1.27. The summed E-state index contributed by atoms with van der Waals surface area (Å²) in [7, 11) is 2.12. The van der Waals surface area contributed by atoms with Crippen LogP contribution < -0.4 is 0 Å². The van der Waals surface area contributed by atoms with E-state index in [0.717, 1.165) is 44.0 Å². The summed E-state index contributed by atoms with van der Waals surface area (Å²) in [5.74, 6) is 3.90. The maximum atomic E-state index is 4.75. The van der Waals surface area contributed by atoms with Crippen LogP contribution in [-0.4, -0.2) is 52.1 Å². The number of likely N-dealkylation sites (tertiary alicyclic amines) is 1. The normalized spacial score (nSPS) is 18.6. The summed E-state index contributed by atoms with van der Waals surface area (Å²) >= 11 is 0. The van der Waals surface area contributed by atoms with Crippen LogP contribution in [-0.2, 0) is 20.1 Å². The molecule has 5 rings (SSSR count). The molecule has 2 aliphatic rings. The fourth-order valence-corrected chi connectivity index (χ4v) is 4.47. The summed E-state index contributed by atoms with van der Waals surface area (Å²) in [6.45, 7) is 8.04. The van der Waals surface area contributed by atoms with Crippen molar-refractivity contribution in [2.45, 2.75) is 64.6 Å². The number of hydrogen-bond donors (Lipinski definition) is 0. The van der Waals surface area contributed by atoms with E-state index in [4.69, 9.17) is 4.98 Å². The molecule has 1 saturated carbocycles. The SMILES string of the molecule is Cc1nc(CN2CCC(c3nnc(Cn4cccn4)n3C3CC3)CC2)n(C)c1C. The third kappa shape index (κ3) is 3.61. The van der Waals surface area contributed by atoms with Crippen LogP contribution in [0.1, 0.15) is 66.5 Å². The zero-order valence-corrected chi connectivity index (χ0v) is 17.6. The predicted octanol–water partition coefficient (Wildman–Crippen LogP) is 2.59. The second-order valence-corrected chi connectivity index (χ2v) is 8.59. The number of nitrogens with zero attached hydrogens (tertiary/aromatic N) is 8. The number of hydrogen-bond acceptors (Lipinski definition) is 5. The molecule has 154 valence electrons. The molecule has 0 N–H and O–H groups in total. The van der Waals surface area contributed by atoms with E-state index < -0.39 is 0 Å². The van der Waals surface area contributed by atoms with Crippen LogP contribution in [0.3, 0.4) is 0 Å². The van der Waals surface area contributed by atoms with Crippen LogP contribution in [0.25, 0.3) is 0 Å². The lowest BCUT2D eigenvalue weighted by Gasteiger charge is -2.31. The molecule has 8 heteroatoms. The first-order chi connectivity index (χ1) is 14.1. The first kappa shape index (κ1) is 18.5. The lowest BCUT2D eigenvalue weighted by atomic mass is 9.95. The van der Waals surface area contributed by atoms with Crippen LogP contribution in [0.15, 0.2) is 18.5 Å². The Morgan fingerprint density at radius 3 is 2.41 bits per heavy atom. The van der Waals surface area contributed by atoms with Gasteiger partial charge in [-0.15, -0.1) is 10.2 Å². The number of aromatic nitrogens is 7. The van der Waals surface area contributed by atoms with Crippen molar-refractivity contribution >= 4 is 0 Å². The van der Waals surface area contributed by atoms with Crippen molar-refractivity contribution in [1.82, 2.24) is 39.0 Å². The summed E-state index contributed by atoms with van der Waals surface area (Å²) in [5, 5.41) is 13.6. The van der Waals surface area contributed by atoms with Crippen molar-refractivity contribution in [2.75, 3.05) is 13.1 Å². The topological polar surface area (TPSA) is 69.6 Å². The first-order valence-corrected chi connectivity index (χ1v) is 10.7. The van der Waals surface area contributed by atoms with Crippen molar-refractivity contribution in [3.05, 3.63) is 47.3 Å². The minimum absolute atomic E-state index is 0.496.